The number of nitrogens with one attached hydrogen (secondary N) is 2. The van der Waals surface area contributed by atoms with Gasteiger partial charge in [-0.05, 0) is 25.0 Å². The Morgan fingerprint density at radius 1 is 1.36 bits per heavy atom. The van der Waals surface area contributed by atoms with Crippen LogP contribution in [0.1, 0.15) is 41.1 Å². The normalized spacial score (nSPS) is 11.4. The fourth-order valence-corrected chi connectivity index (χ4v) is 3.07. The summed E-state index contributed by atoms with van der Waals surface area (Å²) in [6, 6.07) is 3.80. The summed E-state index contributed by atoms with van der Waals surface area (Å²) in [5.41, 5.74) is 1.19. The Hall–Kier alpha value is -1.09. The van der Waals surface area contributed by atoms with E-state index in [9.17, 15) is 0 Å². The number of furan rings is 1. The fourth-order valence-electron chi connectivity index (χ4n) is 2.04. The van der Waals surface area contributed by atoms with Crippen LogP contribution in [-0.4, -0.2) is 18.0 Å². The van der Waals surface area contributed by atoms with E-state index in [1.165, 1.54) is 10.6 Å². The summed E-state index contributed by atoms with van der Waals surface area (Å²) in [6.45, 7) is 7.75. The van der Waals surface area contributed by atoms with Crippen LogP contribution in [0.3, 0.4) is 0 Å². The molecule has 2 heterocycles. The Morgan fingerprint density at radius 3 is 2.64 bits per heavy atom. The van der Waals surface area contributed by atoms with Gasteiger partial charge in [-0.25, -0.2) is 4.98 Å². The van der Waals surface area contributed by atoms with E-state index in [0.29, 0.717) is 19.0 Å². The SMILES string of the molecule is CN=C(NCc1ccco1)NCc1nc(C(C)C)c(C)s1.I. The summed E-state index contributed by atoms with van der Waals surface area (Å²) in [7, 11) is 1.75. The van der Waals surface area contributed by atoms with Crippen LogP contribution in [0.5, 0.6) is 0 Å². The molecular formula is C15H23IN4OS. The highest BCUT2D eigenvalue weighted by atomic mass is 127. The van der Waals surface area contributed by atoms with Crippen LogP contribution in [0, 0.1) is 6.92 Å². The summed E-state index contributed by atoms with van der Waals surface area (Å²) in [4.78, 5) is 10.2. The number of aromatic nitrogens is 1. The molecule has 0 aliphatic rings. The van der Waals surface area contributed by atoms with Crippen molar-refractivity contribution in [3.05, 3.63) is 39.7 Å². The van der Waals surface area contributed by atoms with Gasteiger partial charge in [-0.3, -0.25) is 4.99 Å². The second kappa shape index (κ2) is 9.14. The van der Waals surface area contributed by atoms with Gasteiger partial charge in [0.05, 0.1) is 25.0 Å². The molecule has 0 bridgehead atoms. The van der Waals surface area contributed by atoms with E-state index < -0.39 is 0 Å². The molecule has 0 atom stereocenters. The zero-order chi connectivity index (χ0) is 15.2. The highest BCUT2D eigenvalue weighted by Crippen LogP contribution is 2.23. The van der Waals surface area contributed by atoms with E-state index in [4.69, 9.17) is 4.42 Å². The first-order valence-corrected chi connectivity index (χ1v) is 7.85. The minimum Gasteiger partial charge on any atom is -0.467 e. The van der Waals surface area contributed by atoms with Crippen molar-refractivity contribution in [2.24, 2.45) is 4.99 Å². The first-order chi connectivity index (χ1) is 10.1. The van der Waals surface area contributed by atoms with E-state index in [2.05, 4.69) is 41.4 Å². The zero-order valence-electron chi connectivity index (χ0n) is 13.3. The van der Waals surface area contributed by atoms with Crippen LogP contribution >= 0.6 is 35.3 Å². The Balaban J connectivity index is 0.00000242. The monoisotopic (exact) mass is 434 g/mol. The standard InChI is InChI=1S/C15H22N4OS.HI/c1-10(2)14-11(3)21-13(19-14)9-18-15(16-4)17-8-12-6-5-7-20-12;/h5-7,10H,8-9H2,1-4H3,(H2,16,17,18);1H. The molecule has 5 nitrogen and oxygen atoms in total. The highest BCUT2D eigenvalue weighted by molar-refractivity contribution is 14.0. The van der Waals surface area contributed by atoms with Crippen molar-refractivity contribution >= 4 is 41.3 Å². The van der Waals surface area contributed by atoms with Gasteiger partial charge in [-0.2, -0.15) is 0 Å². The Labute approximate surface area is 152 Å². The van der Waals surface area contributed by atoms with E-state index in [-0.39, 0.29) is 24.0 Å². The van der Waals surface area contributed by atoms with Gasteiger partial charge in [-0.1, -0.05) is 13.8 Å². The molecule has 0 radical (unpaired) electrons. The van der Waals surface area contributed by atoms with Crippen molar-refractivity contribution < 1.29 is 4.42 Å². The maximum atomic E-state index is 5.28. The van der Waals surface area contributed by atoms with E-state index in [1.807, 2.05) is 12.1 Å². The minimum absolute atomic E-state index is 0. The third-order valence-corrected chi connectivity index (χ3v) is 4.05. The van der Waals surface area contributed by atoms with Crippen LogP contribution in [-0.2, 0) is 13.1 Å². The molecule has 0 saturated carbocycles. The van der Waals surface area contributed by atoms with Crippen molar-refractivity contribution in [1.82, 2.24) is 15.6 Å². The number of rotatable bonds is 5. The number of thiazole rings is 1. The van der Waals surface area contributed by atoms with Crippen LogP contribution in [0.2, 0.25) is 0 Å². The molecular weight excluding hydrogens is 411 g/mol. The molecule has 0 unspecified atom stereocenters. The third kappa shape index (κ3) is 5.28. The molecule has 0 fully saturated rings. The summed E-state index contributed by atoms with van der Waals surface area (Å²) in [5, 5.41) is 7.56. The number of guanidine groups is 1. The van der Waals surface area contributed by atoms with Gasteiger partial charge in [0, 0.05) is 11.9 Å². The third-order valence-electron chi connectivity index (χ3n) is 3.06. The van der Waals surface area contributed by atoms with Crippen LogP contribution in [0.25, 0.3) is 0 Å². The average Bonchev–Trinajstić information content (AvgIpc) is 3.08. The smallest absolute Gasteiger partial charge is 0.191 e. The predicted molar refractivity (Wildman–Crippen MR) is 102 cm³/mol. The number of aliphatic imine (C=N–C) groups is 1. The van der Waals surface area contributed by atoms with Crippen molar-refractivity contribution in [3.63, 3.8) is 0 Å². The number of hydrogen-bond donors (Lipinski definition) is 2. The number of halogens is 1. The van der Waals surface area contributed by atoms with Gasteiger partial charge in [0.1, 0.15) is 10.8 Å². The maximum absolute atomic E-state index is 5.28. The first-order valence-electron chi connectivity index (χ1n) is 7.03. The summed E-state index contributed by atoms with van der Waals surface area (Å²) >= 11 is 1.74. The van der Waals surface area contributed by atoms with Crippen LogP contribution in [0.4, 0.5) is 0 Å². The number of nitrogens with zero attached hydrogens (tertiary/aromatic N) is 2. The molecule has 0 aliphatic carbocycles. The highest BCUT2D eigenvalue weighted by Gasteiger charge is 2.11. The average molecular weight is 434 g/mol. The van der Waals surface area contributed by atoms with Gasteiger partial charge in [0.2, 0.25) is 0 Å². The number of aryl methyl sites for hydroxylation is 1. The molecule has 0 aromatic carbocycles. The zero-order valence-corrected chi connectivity index (χ0v) is 16.5. The number of hydrogen-bond acceptors (Lipinski definition) is 4. The second-order valence-corrected chi connectivity index (χ2v) is 6.35. The summed E-state index contributed by atoms with van der Waals surface area (Å²) in [6.07, 6.45) is 1.67. The predicted octanol–water partition coefficient (Wildman–Crippen LogP) is 3.65. The van der Waals surface area contributed by atoms with Crippen LogP contribution in [0.15, 0.2) is 27.8 Å². The van der Waals surface area contributed by atoms with Crippen molar-refractivity contribution in [1.29, 1.82) is 0 Å². The van der Waals surface area contributed by atoms with E-state index in [1.54, 1.807) is 24.6 Å². The molecule has 2 aromatic rings. The van der Waals surface area contributed by atoms with Gasteiger partial charge < -0.3 is 15.1 Å². The van der Waals surface area contributed by atoms with Gasteiger partial charge in [0.15, 0.2) is 5.96 Å². The van der Waals surface area contributed by atoms with Gasteiger partial charge in [-0.15, -0.1) is 35.3 Å². The molecule has 122 valence electrons. The Kier molecular flexibility index (Phi) is 7.88. The lowest BCUT2D eigenvalue weighted by Crippen LogP contribution is -2.36. The van der Waals surface area contributed by atoms with Crippen molar-refractivity contribution in [2.75, 3.05) is 7.05 Å². The molecule has 2 N–H and O–H groups in total. The van der Waals surface area contributed by atoms with Crippen molar-refractivity contribution in [3.8, 4) is 0 Å². The largest absolute Gasteiger partial charge is 0.467 e. The lowest BCUT2D eigenvalue weighted by atomic mass is 10.1. The molecule has 2 rings (SSSR count). The molecule has 7 heteroatoms. The molecule has 22 heavy (non-hydrogen) atoms. The van der Waals surface area contributed by atoms with Crippen LogP contribution < -0.4 is 10.6 Å². The van der Waals surface area contributed by atoms with E-state index >= 15 is 0 Å². The first kappa shape index (κ1) is 19.0. The second-order valence-electron chi connectivity index (χ2n) is 5.06. The lowest BCUT2D eigenvalue weighted by Gasteiger charge is -2.09. The quantitative estimate of drug-likeness (QED) is 0.429. The topological polar surface area (TPSA) is 62.5 Å². The van der Waals surface area contributed by atoms with Gasteiger partial charge in [0.25, 0.3) is 0 Å². The molecule has 0 aliphatic heterocycles. The van der Waals surface area contributed by atoms with Gasteiger partial charge >= 0.3 is 0 Å². The Bertz CT molecular complexity index is 593. The maximum Gasteiger partial charge on any atom is 0.191 e. The Morgan fingerprint density at radius 2 is 2.09 bits per heavy atom. The molecule has 2 aromatic heterocycles. The lowest BCUT2D eigenvalue weighted by molar-refractivity contribution is 0.501. The summed E-state index contributed by atoms with van der Waals surface area (Å²) in [5.74, 6) is 2.09. The van der Waals surface area contributed by atoms with E-state index in [0.717, 1.165) is 16.7 Å². The fraction of sp³-hybridized carbons (Fsp3) is 0.467. The summed E-state index contributed by atoms with van der Waals surface area (Å²) < 4.78 is 5.28. The minimum atomic E-state index is 0. The van der Waals surface area contributed by atoms with Crippen molar-refractivity contribution in [2.45, 2.75) is 39.8 Å². The molecule has 0 amide bonds. The molecule has 0 saturated heterocycles. The molecule has 0 spiro atoms.